The van der Waals surface area contributed by atoms with Gasteiger partial charge in [0.15, 0.2) is 0 Å². The highest BCUT2D eigenvalue weighted by Gasteiger charge is 2.48. The van der Waals surface area contributed by atoms with E-state index in [-0.39, 0.29) is 36.1 Å². The van der Waals surface area contributed by atoms with Crippen LogP contribution in [0.3, 0.4) is 0 Å². The molecule has 2 rings (SSSR count). The molecule has 0 spiro atoms. The Morgan fingerprint density at radius 1 is 1.21 bits per heavy atom. The highest BCUT2D eigenvalue weighted by molar-refractivity contribution is 6.07. The van der Waals surface area contributed by atoms with Gasteiger partial charge in [-0.15, -0.1) is 0 Å². The van der Waals surface area contributed by atoms with Crippen LogP contribution in [-0.4, -0.2) is 35.7 Å². The molecule has 0 aromatic carbocycles. The summed E-state index contributed by atoms with van der Waals surface area (Å²) in [5.74, 6) is -0.507. The molecule has 106 valence electrons. The Morgan fingerprint density at radius 2 is 1.74 bits per heavy atom. The van der Waals surface area contributed by atoms with Gasteiger partial charge in [-0.05, 0) is 18.8 Å². The van der Waals surface area contributed by atoms with Crippen molar-refractivity contribution in [2.45, 2.75) is 39.5 Å². The summed E-state index contributed by atoms with van der Waals surface area (Å²) in [5, 5.41) is 2.75. The van der Waals surface area contributed by atoms with E-state index in [1.165, 1.54) is 0 Å². The molecule has 0 aromatic heterocycles. The van der Waals surface area contributed by atoms with Gasteiger partial charge in [-0.3, -0.25) is 19.3 Å². The van der Waals surface area contributed by atoms with Crippen LogP contribution in [0.4, 0.5) is 0 Å². The van der Waals surface area contributed by atoms with E-state index in [2.05, 4.69) is 5.32 Å². The number of carbonyl (C=O) groups is 3. The second kappa shape index (κ2) is 5.72. The summed E-state index contributed by atoms with van der Waals surface area (Å²) in [7, 11) is 0. The van der Waals surface area contributed by atoms with Crippen LogP contribution in [0.15, 0.2) is 0 Å². The summed E-state index contributed by atoms with van der Waals surface area (Å²) in [6.07, 6.45) is 3.60. The standard InChI is InChI=1S/C14H22N2O3/c1-9(2)7-15-12(17)8-16-13(18)10-5-3-4-6-11(10)14(16)19/h9-11H,3-8H2,1-2H3,(H,15,17). The van der Waals surface area contributed by atoms with Gasteiger partial charge >= 0.3 is 0 Å². The van der Waals surface area contributed by atoms with Gasteiger partial charge in [-0.2, -0.15) is 0 Å². The fourth-order valence-corrected chi connectivity index (χ4v) is 2.90. The van der Waals surface area contributed by atoms with Crippen LogP contribution in [0, 0.1) is 17.8 Å². The lowest BCUT2D eigenvalue weighted by Crippen LogP contribution is -2.41. The van der Waals surface area contributed by atoms with Crippen molar-refractivity contribution >= 4 is 17.7 Å². The summed E-state index contributed by atoms with van der Waals surface area (Å²) in [6, 6.07) is 0. The normalized spacial score (nSPS) is 26.8. The summed E-state index contributed by atoms with van der Waals surface area (Å²) >= 11 is 0. The SMILES string of the molecule is CC(C)CNC(=O)CN1C(=O)C2CCCCC2C1=O. The number of imide groups is 1. The first-order valence-electron chi connectivity index (χ1n) is 7.12. The highest BCUT2D eigenvalue weighted by atomic mass is 16.2. The molecule has 1 heterocycles. The monoisotopic (exact) mass is 266 g/mol. The van der Waals surface area contributed by atoms with E-state index in [0.717, 1.165) is 30.6 Å². The molecular formula is C14H22N2O3. The number of amides is 3. The van der Waals surface area contributed by atoms with Gasteiger partial charge in [-0.1, -0.05) is 26.7 Å². The van der Waals surface area contributed by atoms with Gasteiger partial charge in [0.1, 0.15) is 6.54 Å². The quantitative estimate of drug-likeness (QED) is 0.770. The number of fused-ring (bicyclic) bond motifs is 1. The van der Waals surface area contributed by atoms with Gasteiger partial charge in [0.05, 0.1) is 11.8 Å². The molecule has 2 atom stereocenters. The van der Waals surface area contributed by atoms with Crippen molar-refractivity contribution < 1.29 is 14.4 Å². The molecule has 2 unspecified atom stereocenters. The zero-order valence-electron chi connectivity index (χ0n) is 11.6. The summed E-state index contributed by atoms with van der Waals surface area (Å²) in [5.41, 5.74) is 0. The largest absolute Gasteiger partial charge is 0.354 e. The Hall–Kier alpha value is -1.39. The fourth-order valence-electron chi connectivity index (χ4n) is 2.90. The number of nitrogens with one attached hydrogen (secondary N) is 1. The Labute approximate surface area is 113 Å². The highest BCUT2D eigenvalue weighted by Crippen LogP contribution is 2.37. The van der Waals surface area contributed by atoms with Crippen LogP contribution < -0.4 is 5.32 Å². The van der Waals surface area contributed by atoms with E-state index >= 15 is 0 Å². The van der Waals surface area contributed by atoms with Crippen LogP contribution in [0.2, 0.25) is 0 Å². The lowest BCUT2D eigenvalue weighted by molar-refractivity contribution is -0.143. The molecule has 5 heteroatoms. The predicted molar refractivity (Wildman–Crippen MR) is 70.0 cm³/mol. The molecule has 1 aliphatic carbocycles. The van der Waals surface area contributed by atoms with Crippen molar-refractivity contribution in [2.75, 3.05) is 13.1 Å². The van der Waals surface area contributed by atoms with Crippen LogP contribution in [0.25, 0.3) is 0 Å². The minimum Gasteiger partial charge on any atom is -0.354 e. The molecule has 2 aliphatic rings. The Balaban J connectivity index is 1.95. The molecule has 0 radical (unpaired) electrons. The minimum atomic E-state index is -0.242. The molecule has 19 heavy (non-hydrogen) atoms. The third-order valence-electron chi connectivity index (χ3n) is 3.94. The molecular weight excluding hydrogens is 244 g/mol. The van der Waals surface area contributed by atoms with Gasteiger partial charge in [-0.25, -0.2) is 0 Å². The van der Waals surface area contributed by atoms with E-state index in [4.69, 9.17) is 0 Å². The van der Waals surface area contributed by atoms with E-state index in [0.29, 0.717) is 12.5 Å². The molecule has 1 saturated heterocycles. The number of nitrogens with zero attached hydrogens (tertiary/aromatic N) is 1. The topological polar surface area (TPSA) is 66.5 Å². The Bertz CT molecular complexity index is 368. The summed E-state index contributed by atoms with van der Waals surface area (Å²) < 4.78 is 0. The maximum atomic E-state index is 12.1. The van der Waals surface area contributed by atoms with Crippen molar-refractivity contribution in [1.29, 1.82) is 0 Å². The van der Waals surface area contributed by atoms with Gasteiger partial charge in [0.2, 0.25) is 17.7 Å². The Kier molecular flexibility index (Phi) is 4.22. The smallest absolute Gasteiger partial charge is 0.240 e. The van der Waals surface area contributed by atoms with Crippen LogP contribution >= 0.6 is 0 Å². The number of carbonyl (C=O) groups excluding carboxylic acids is 3. The van der Waals surface area contributed by atoms with Gasteiger partial charge < -0.3 is 5.32 Å². The van der Waals surface area contributed by atoms with Crippen LogP contribution in [-0.2, 0) is 14.4 Å². The van der Waals surface area contributed by atoms with Gasteiger partial charge in [0, 0.05) is 6.54 Å². The van der Waals surface area contributed by atoms with E-state index < -0.39 is 0 Å². The minimum absolute atomic E-state index is 0.114. The second-order valence-electron chi connectivity index (χ2n) is 5.96. The van der Waals surface area contributed by atoms with Crippen LogP contribution in [0.1, 0.15) is 39.5 Å². The Morgan fingerprint density at radius 3 is 2.21 bits per heavy atom. The second-order valence-corrected chi connectivity index (χ2v) is 5.96. The molecule has 1 N–H and O–H groups in total. The zero-order chi connectivity index (χ0) is 14.0. The third kappa shape index (κ3) is 2.96. The lowest BCUT2D eigenvalue weighted by atomic mass is 9.81. The number of hydrogen-bond acceptors (Lipinski definition) is 3. The molecule has 5 nitrogen and oxygen atoms in total. The van der Waals surface area contributed by atoms with E-state index in [1.807, 2.05) is 13.8 Å². The first-order chi connectivity index (χ1) is 9.00. The molecule has 1 saturated carbocycles. The lowest BCUT2D eigenvalue weighted by Gasteiger charge is -2.19. The maximum Gasteiger partial charge on any atom is 0.240 e. The molecule has 0 bridgehead atoms. The van der Waals surface area contributed by atoms with Gasteiger partial charge in [0.25, 0.3) is 0 Å². The molecule has 3 amide bonds. The van der Waals surface area contributed by atoms with E-state index in [9.17, 15) is 14.4 Å². The zero-order valence-corrected chi connectivity index (χ0v) is 11.6. The first-order valence-corrected chi connectivity index (χ1v) is 7.12. The van der Waals surface area contributed by atoms with Crippen molar-refractivity contribution in [3.63, 3.8) is 0 Å². The number of likely N-dealkylation sites (tertiary alicyclic amines) is 1. The number of rotatable bonds is 4. The fraction of sp³-hybridized carbons (Fsp3) is 0.786. The third-order valence-corrected chi connectivity index (χ3v) is 3.94. The van der Waals surface area contributed by atoms with Crippen molar-refractivity contribution in [1.82, 2.24) is 10.2 Å². The van der Waals surface area contributed by atoms with Crippen molar-refractivity contribution in [3.05, 3.63) is 0 Å². The van der Waals surface area contributed by atoms with Crippen molar-refractivity contribution in [3.8, 4) is 0 Å². The first kappa shape index (κ1) is 14.0. The average Bonchev–Trinajstić information content (AvgIpc) is 2.62. The van der Waals surface area contributed by atoms with Crippen molar-refractivity contribution in [2.24, 2.45) is 17.8 Å². The van der Waals surface area contributed by atoms with E-state index in [1.54, 1.807) is 0 Å². The average molecular weight is 266 g/mol. The molecule has 0 aromatic rings. The maximum absolute atomic E-state index is 12.1. The molecule has 2 fully saturated rings. The molecule has 1 aliphatic heterocycles. The van der Waals surface area contributed by atoms with Crippen LogP contribution in [0.5, 0.6) is 0 Å². The number of hydrogen-bond donors (Lipinski definition) is 1. The predicted octanol–water partition coefficient (Wildman–Crippen LogP) is 0.934. The summed E-state index contributed by atoms with van der Waals surface area (Å²) in [4.78, 5) is 37.2. The summed E-state index contributed by atoms with van der Waals surface area (Å²) in [6.45, 7) is 4.46.